The van der Waals surface area contributed by atoms with Crippen LogP contribution in [-0.4, -0.2) is 27.6 Å². The third-order valence-corrected chi connectivity index (χ3v) is 2.46. The number of nitrogens with one attached hydrogen (secondary N) is 2. The highest BCUT2D eigenvalue weighted by atomic mass is 16.4. The summed E-state index contributed by atoms with van der Waals surface area (Å²) < 4.78 is 0. The summed E-state index contributed by atoms with van der Waals surface area (Å²) in [6, 6.07) is 9.39. The van der Waals surface area contributed by atoms with Gasteiger partial charge in [0.05, 0.1) is 6.61 Å². The molecule has 2 aromatic rings. The average Bonchev–Trinajstić information content (AvgIpc) is 2.99. The molecule has 4 N–H and O–H groups in total. The molecule has 0 radical (unpaired) electrons. The molecule has 6 nitrogen and oxygen atoms in total. The second-order valence-corrected chi connectivity index (χ2v) is 3.84. The number of aliphatic carboxylic acids is 1. The van der Waals surface area contributed by atoms with Gasteiger partial charge in [0.1, 0.15) is 0 Å². The van der Waals surface area contributed by atoms with Crippen molar-refractivity contribution in [2.75, 3.05) is 0 Å². The number of hydrogen-bond donors (Lipinski definition) is 4. The van der Waals surface area contributed by atoms with Gasteiger partial charge in [0, 0.05) is 12.4 Å². The van der Waals surface area contributed by atoms with Gasteiger partial charge < -0.3 is 20.5 Å². The van der Waals surface area contributed by atoms with Crippen LogP contribution in [0.5, 0.6) is 0 Å². The maximum absolute atomic E-state index is 10.7. The van der Waals surface area contributed by atoms with Crippen LogP contribution in [0.2, 0.25) is 0 Å². The number of aliphatic hydroxyl groups excluding tert-OH is 1. The number of aromatic nitrogens is 1. The van der Waals surface area contributed by atoms with Crippen LogP contribution in [-0.2, 0) is 16.2 Å². The highest BCUT2D eigenvalue weighted by Crippen LogP contribution is 2.11. The molecule has 0 saturated heterocycles. The number of carbonyl (C=O) groups is 2. The molecule has 1 aromatic carbocycles. The van der Waals surface area contributed by atoms with E-state index in [1.165, 1.54) is 0 Å². The minimum Gasteiger partial charge on any atom is -0.479 e. The van der Waals surface area contributed by atoms with E-state index in [0.29, 0.717) is 12.0 Å². The lowest BCUT2D eigenvalue weighted by atomic mass is 10.1. The van der Waals surface area contributed by atoms with E-state index < -0.39 is 12.0 Å². The predicted molar refractivity (Wildman–Crippen MR) is 72.7 cm³/mol. The zero-order chi connectivity index (χ0) is 14.8. The summed E-state index contributed by atoms with van der Waals surface area (Å²) in [6.45, 7) is 0.128. The van der Waals surface area contributed by atoms with Gasteiger partial charge in [-0.1, -0.05) is 30.3 Å². The Morgan fingerprint density at radius 1 is 1.30 bits per heavy atom. The molecular formula is C14H16N2O4. The second kappa shape index (κ2) is 8.49. The third-order valence-electron chi connectivity index (χ3n) is 2.46. The van der Waals surface area contributed by atoms with Gasteiger partial charge in [-0.05, 0) is 17.2 Å². The Balaban J connectivity index is 0.000000240. The molecule has 0 spiro atoms. The summed E-state index contributed by atoms with van der Waals surface area (Å²) in [5.74, 6) is -1.07. The molecule has 1 atom stereocenters. The van der Waals surface area contributed by atoms with Gasteiger partial charge in [0.25, 0.3) is 0 Å². The number of carbonyl (C=O) groups excluding carboxylic acids is 1. The van der Waals surface area contributed by atoms with E-state index in [0.717, 1.165) is 5.56 Å². The van der Waals surface area contributed by atoms with Crippen molar-refractivity contribution in [3.63, 3.8) is 0 Å². The summed E-state index contributed by atoms with van der Waals surface area (Å²) in [6.07, 6.45) is 3.93. The van der Waals surface area contributed by atoms with E-state index in [1.807, 2.05) is 6.07 Å². The van der Waals surface area contributed by atoms with E-state index in [1.54, 1.807) is 42.7 Å². The fraction of sp³-hybridized carbons (Fsp3) is 0.143. The van der Waals surface area contributed by atoms with Gasteiger partial charge in [0.2, 0.25) is 6.41 Å². The SMILES string of the molecule is O=CNC(C(=O)O)c1ccccc1.OCc1cc[nH]c1. The Morgan fingerprint density at radius 2 is 2.00 bits per heavy atom. The van der Waals surface area contributed by atoms with Crippen molar-refractivity contribution >= 4 is 12.4 Å². The first-order valence-corrected chi connectivity index (χ1v) is 5.89. The molecule has 2 rings (SSSR count). The summed E-state index contributed by atoms with van der Waals surface area (Å²) in [7, 11) is 0. The van der Waals surface area contributed by atoms with E-state index >= 15 is 0 Å². The van der Waals surface area contributed by atoms with Crippen LogP contribution in [0.4, 0.5) is 0 Å². The standard InChI is InChI=1S/C9H9NO3.C5H7NO/c11-6-10-8(9(12)13)7-4-2-1-3-5-7;7-4-5-1-2-6-3-5/h1-6,8H,(H,10,11)(H,12,13);1-3,6-7H,4H2. The van der Waals surface area contributed by atoms with Gasteiger partial charge in [0.15, 0.2) is 6.04 Å². The van der Waals surface area contributed by atoms with Crippen LogP contribution in [0.3, 0.4) is 0 Å². The van der Waals surface area contributed by atoms with Crippen molar-refractivity contribution < 1.29 is 19.8 Å². The molecule has 6 heteroatoms. The number of carboxylic acids is 1. The molecule has 1 heterocycles. The van der Waals surface area contributed by atoms with Crippen LogP contribution >= 0.6 is 0 Å². The Hall–Kier alpha value is -2.60. The summed E-state index contributed by atoms with van der Waals surface area (Å²) >= 11 is 0. The van der Waals surface area contributed by atoms with Crippen molar-refractivity contribution in [2.45, 2.75) is 12.6 Å². The molecule has 1 amide bonds. The van der Waals surface area contributed by atoms with Crippen molar-refractivity contribution in [3.8, 4) is 0 Å². The van der Waals surface area contributed by atoms with Crippen molar-refractivity contribution in [3.05, 3.63) is 59.9 Å². The lowest BCUT2D eigenvalue weighted by Gasteiger charge is -2.10. The van der Waals surface area contributed by atoms with Crippen molar-refractivity contribution in [2.24, 2.45) is 0 Å². The van der Waals surface area contributed by atoms with Gasteiger partial charge in [-0.25, -0.2) is 4.79 Å². The first-order valence-electron chi connectivity index (χ1n) is 5.89. The molecule has 0 bridgehead atoms. The molecule has 0 aliphatic rings. The first-order chi connectivity index (χ1) is 9.69. The van der Waals surface area contributed by atoms with Crippen LogP contribution in [0.15, 0.2) is 48.8 Å². The average molecular weight is 276 g/mol. The second-order valence-electron chi connectivity index (χ2n) is 3.84. The number of hydrogen-bond acceptors (Lipinski definition) is 3. The highest BCUT2D eigenvalue weighted by Gasteiger charge is 2.17. The lowest BCUT2D eigenvalue weighted by molar-refractivity contribution is -0.140. The zero-order valence-electron chi connectivity index (χ0n) is 10.7. The van der Waals surface area contributed by atoms with Crippen LogP contribution in [0.25, 0.3) is 0 Å². The third kappa shape index (κ3) is 4.95. The Morgan fingerprint density at radius 3 is 2.40 bits per heavy atom. The minimum absolute atomic E-state index is 0.128. The van der Waals surface area contributed by atoms with Gasteiger partial charge >= 0.3 is 5.97 Å². The number of H-pyrrole nitrogens is 1. The molecule has 0 aliphatic carbocycles. The maximum Gasteiger partial charge on any atom is 0.330 e. The van der Waals surface area contributed by atoms with Crippen molar-refractivity contribution in [1.29, 1.82) is 0 Å². The smallest absolute Gasteiger partial charge is 0.330 e. The van der Waals surface area contributed by atoms with Crippen LogP contribution < -0.4 is 5.32 Å². The normalized spacial score (nSPS) is 10.8. The Kier molecular flexibility index (Phi) is 6.56. The number of rotatable bonds is 5. The molecule has 0 aliphatic heterocycles. The van der Waals surface area contributed by atoms with Crippen LogP contribution in [0.1, 0.15) is 17.2 Å². The molecular weight excluding hydrogens is 260 g/mol. The zero-order valence-corrected chi connectivity index (χ0v) is 10.7. The lowest BCUT2D eigenvalue weighted by Crippen LogP contribution is -2.27. The number of aromatic amines is 1. The maximum atomic E-state index is 10.7. The largest absolute Gasteiger partial charge is 0.479 e. The molecule has 106 valence electrons. The number of carboxylic acid groups (broad SMARTS) is 1. The number of aliphatic hydroxyl groups is 1. The summed E-state index contributed by atoms with van der Waals surface area (Å²) in [5.41, 5.74) is 1.49. The summed E-state index contributed by atoms with van der Waals surface area (Å²) in [4.78, 5) is 23.6. The quantitative estimate of drug-likeness (QED) is 0.613. The number of benzene rings is 1. The monoisotopic (exact) mass is 276 g/mol. The van der Waals surface area contributed by atoms with E-state index in [-0.39, 0.29) is 6.61 Å². The highest BCUT2D eigenvalue weighted by molar-refractivity contribution is 5.78. The molecule has 1 unspecified atom stereocenters. The van der Waals surface area contributed by atoms with Crippen molar-refractivity contribution in [1.82, 2.24) is 10.3 Å². The fourth-order valence-corrected chi connectivity index (χ4v) is 1.48. The van der Waals surface area contributed by atoms with Crippen LogP contribution in [0, 0.1) is 0 Å². The predicted octanol–water partition coefficient (Wildman–Crippen LogP) is 1.07. The molecule has 0 fully saturated rings. The van der Waals surface area contributed by atoms with E-state index in [4.69, 9.17) is 10.2 Å². The van der Waals surface area contributed by atoms with Gasteiger partial charge in [-0.15, -0.1) is 0 Å². The van der Waals surface area contributed by atoms with Gasteiger partial charge in [-0.2, -0.15) is 0 Å². The number of amides is 1. The molecule has 0 saturated carbocycles. The minimum atomic E-state index is -1.07. The van der Waals surface area contributed by atoms with E-state index in [9.17, 15) is 9.59 Å². The molecule has 1 aromatic heterocycles. The van der Waals surface area contributed by atoms with E-state index in [2.05, 4.69) is 10.3 Å². The van der Waals surface area contributed by atoms with Gasteiger partial charge in [-0.3, -0.25) is 4.79 Å². The fourth-order valence-electron chi connectivity index (χ4n) is 1.48. The first kappa shape index (κ1) is 15.5. The Bertz CT molecular complexity index is 511. The summed E-state index contributed by atoms with van der Waals surface area (Å²) in [5, 5.41) is 19.4. The Labute approximate surface area is 116 Å². The topological polar surface area (TPSA) is 102 Å². The molecule has 20 heavy (non-hydrogen) atoms.